The molecule has 0 aliphatic rings. The minimum Gasteiger partial charge on any atom is -0.464 e. The summed E-state index contributed by atoms with van der Waals surface area (Å²) >= 11 is 0. The van der Waals surface area contributed by atoms with Crippen molar-refractivity contribution in [3.63, 3.8) is 0 Å². The van der Waals surface area contributed by atoms with Gasteiger partial charge in [-0.25, -0.2) is 0 Å². The Hall–Kier alpha value is -4.24. The van der Waals surface area contributed by atoms with E-state index in [0.717, 1.165) is 33.1 Å². The summed E-state index contributed by atoms with van der Waals surface area (Å²) < 4.78 is 15.9. The van der Waals surface area contributed by atoms with Crippen molar-refractivity contribution < 1.29 is 13.3 Å². The molecule has 0 N–H and O–H groups in total. The van der Waals surface area contributed by atoms with Gasteiger partial charge in [0, 0.05) is 21.5 Å². The highest BCUT2D eigenvalue weighted by Gasteiger charge is 2.03. The maximum Gasteiger partial charge on any atom is 0.135 e. The van der Waals surface area contributed by atoms with Crippen LogP contribution in [0, 0.1) is 0 Å². The van der Waals surface area contributed by atoms with E-state index in [1.54, 1.807) is 12.5 Å². The molecule has 150 valence electrons. The Balaban J connectivity index is 0.000000102. The number of hydrogen-bond acceptors (Lipinski definition) is 3. The highest BCUT2D eigenvalue weighted by Crippen LogP contribution is 2.27. The lowest BCUT2D eigenvalue weighted by molar-refractivity contribution is 0.615. The molecule has 0 saturated heterocycles. The number of para-hydroxylation sites is 4. The highest BCUT2D eigenvalue weighted by molar-refractivity contribution is 6.04. The molecule has 0 atom stereocenters. The molecule has 3 heterocycles. The van der Waals surface area contributed by atoms with Crippen LogP contribution in [0.5, 0.6) is 0 Å². The van der Waals surface area contributed by atoms with E-state index in [9.17, 15) is 0 Å². The largest absolute Gasteiger partial charge is 0.464 e. The fraction of sp³-hybridized carbons (Fsp3) is 0. The second-order valence-electron chi connectivity index (χ2n) is 7.01. The first-order valence-corrected chi connectivity index (χ1v) is 10.1. The van der Waals surface area contributed by atoms with E-state index in [1.807, 2.05) is 97.1 Å². The fourth-order valence-electron chi connectivity index (χ4n) is 3.49. The summed E-state index contributed by atoms with van der Waals surface area (Å²) in [5, 5.41) is 4.71. The van der Waals surface area contributed by atoms with Crippen molar-refractivity contribution in [1.29, 1.82) is 0 Å². The van der Waals surface area contributed by atoms with Gasteiger partial charge in [0.1, 0.15) is 22.3 Å². The number of rotatable bonds is 0. The van der Waals surface area contributed by atoms with E-state index in [-0.39, 0.29) is 0 Å². The van der Waals surface area contributed by atoms with Crippen LogP contribution in [-0.2, 0) is 0 Å². The second kappa shape index (κ2) is 8.64. The van der Waals surface area contributed by atoms with E-state index in [4.69, 9.17) is 13.3 Å². The Labute approximate surface area is 179 Å². The molecule has 4 aromatic carbocycles. The van der Waals surface area contributed by atoms with Gasteiger partial charge in [-0.2, -0.15) is 0 Å². The van der Waals surface area contributed by atoms with Gasteiger partial charge in [0.2, 0.25) is 0 Å². The molecule has 3 heteroatoms. The summed E-state index contributed by atoms with van der Waals surface area (Å²) in [6.07, 6.45) is 3.40. The van der Waals surface area contributed by atoms with Gasteiger partial charge in [0.15, 0.2) is 0 Å². The van der Waals surface area contributed by atoms with Crippen LogP contribution in [0.25, 0.3) is 43.9 Å². The van der Waals surface area contributed by atoms with Gasteiger partial charge < -0.3 is 13.3 Å². The van der Waals surface area contributed by atoms with Crippen LogP contribution in [0.15, 0.2) is 135 Å². The van der Waals surface area contributed by atoms with Crippen LogP contribution >= 0.6 is 0 Å². The predicted molar refractivity (Wildman–Crippen MR) is 126 cm³/mol. The molecule has 3 nitrogen and oxygen atoms in total. The zero-order valence-electron chi connectivity index (χ0n) is 16.8. The zero-order valence-corrected chi connectivity index (χ0v) is 16.8. The molecule has 0 aliphatic carbocycles. The maximum atomic E-state index is 5.65. The number of fused-ring (bicyclic) bond motifs is 5. The first-order chi connectivity index (χ1) is 15.4. The maximum absolute atomic E-state index is 5.65. The Morgan fingerprint density at radius 3 is 1.19 bits per heavy atom. The van der Waals surface area contributed by atoms with Crippen LogP contribution in [-0.4, -0.2) is 0 Å². The van der Waals surface area contributed by atoms with E-state index >= 15 is 0 Å². The van der Waals surface area contributed by atoms with Crippen molar-refractivity contribution in [3.8, 4) is 0 Å². The molecule has 7 aromatic rings. The van der Waals surface area contributed by atoms with Crippen LogP contribution in [0.3, 0.4) is 0 Å². The van der Waals surface area contributed by atoms with E-state index in [1.165, 1.54) is 10.8 Å². The Morgan fingerprint density at radius 1 is 0.355 bits per heavy atom. The summed E-state index contributed by atoms with van der Waals surface area (Å²) in [6.45, 7) is 0. The minimum absolute atomic E-state index is 0.956. The molecular formula is C28H20O3. The summed E-state index contributed by atoms with van der Waals surface area (Å²) in [7, 11) is 0. The van der Waals surface area contributed by atoms with Crippen molar-refractivity contribution in [1.82, 2.24) is 0 Å². The number of benzene rings is 4. The highest BCUT2D eigenvalue weighted by atomic mass is 16.3. The fourth-order valence-corrected chi connectivity index (χ4v) is 3.49. The lowest BCUT2D eigenvalue weighted by atomic mass is 10.2. The van der Waals surface area contributed by atoms with Crippen LogP contribution in [0.1, 0.15) is 0 Å². The molecule has 0 bridgehead atoms. The summed E-state index contributed by atoms with van der Waals surface area (Å²) in [5.41, 5.74) is 3.84. The van der Waals surface area contributed by atoms with Gasteiger partial charge in [0.25, 0.3) is 0 Å². The smallest absolute Gasteiger partial charge is 0.135 e. The normalized spacial score (nSPS) is 10.6. The third-order valence-corrected chi connectivity index (χ3v) is 5.01. The van der Waals surface area contributed by atoms with Crippen molar-refractivity contribution in [2.24, 2.45) is 0 Å². The Kier molecular flexibility index (Phi) is 5.23. The lowest BCUT2D eigenvalue weighted by Gasteiger charge is -1.85. The molecule has 0 spiro atoms. The molecule has 0 aliphatic heterocycles. The third-order valence-electron chi connectivity index (χ3n) is 5.01. The molecule has 0 amide bonds. The molecule has 0 fully saturated rings. The molecule has 0 unspecified atom stereocenters. The molecule has 7 rings (SSSR count). The third kappa shape index (κ3) is 4.07. The molecule has 0 radical (unpaired) electrons. The van der Waals surface area contributed by atoms with Crippen molar-refractivity contribution in [2.75, 3.05) is 0 Å². The van der Waals surface area contributed by atoms with Crippen LogP contribution in [0.2, 0.25) is 0 Å². The van der Waals surface area contributed by atoms with Crippen molar-refractivity contribution in [3.05, 3.63) is 122 Å². The van der Waals surface area contributed by atoms with Gasteiger partial charge >= 0.3 is 0 Å². The standard InChI is InChI=1S/C12H8O.2C8H6O/c1-3-7-11-9(5-1)10-6-2-4-8-12(10)13-11;2*1-2-4-8-7(3-1)5-6-9-8/h1-8H;2*1-6H. The van der Waals surface area contributed by atoms with E-state index in [2.05, 4.69) is 12.1 Å². The number of hydrogen-bond donors (Lipinski definition) is 0. The van der Waals surface area contributed by atoms with Crippen LogP contribution in [0.4, 0.5) is 0 Å². The molecule has 0 saturated carbocycles. The van der Waals surface area contributed by atoms with Gasteiger partial charge in [0.05, 0.1) is 12.5 Å². The van der Waals surface area contributed by atoms with E-state index < -0.39 is 0 Å². The van der Waals surface area contributed by atoms with Gasteiger partial charge in [-0.05, 0) is 36.4 Å². The monoisotopic (exact) mass is 404 g/mol. The summed E-state index contributed by atoms with van der Waals surface area (Å²) in [6, 6.07) is 36.0. The molecule has 31 heavy (non-hydrogen) atoms. The first-order valence-electron chi connectivity index (χ1n) is 10.1. The average molecular weight is 404 g/mol. The minimum atomic E-state index is 0.956. The number of furan rings is 3. The summed E-state index contributed by atoms with van der Waals surface area (Å²) in [4.78, 5) is 0. The van der Waals surface area contributed by atoms with Crippen LogP contribution < -0.4 is 0 Å². The van der Waals surface area contributed by atoms with E-state index in [0.29, 0.717) is 0 Å². The first kappa shape index (κ1) is 18.8. The van der Waals surface area contributed by atoms with Gasteiger partial charge in [-0.3, -0.25) is 0 Å². The lowest BCUT2D eigenvalue weighted by Crippen LogP contribution is -1.62. The average Bonchev–Trinajstić information content (AvgIpc) is 3.57. The second-order valence-corrected chi connectivity index (χ2v) is 7.01. The van der Waals surface area contributed by atoms with Gasteiger partial charge in [-0.15, -0.1) is 0 Å². The Morgan fingerprint density at radius 2 is 0.742 bits per heavy atom. The topological polar surface area (TPSA) is 39.4 Å². The molecular weight excluding hydrogens is 384 g/mol. The predicted octanol–water partition coefficient (Wildman–Crippen LogP) is 8.45. The quantitative estimate of drug-likeness (QED) is 0.254. The molecule has 3 aromatic heterocycles. The van der Waals surface area contributed by atoms with Crippen molar-refractivity contribution in [2.45, 2.75) is 0 Å². The van der Waals surface area contributed by atoms with Crippen molar-refractivity contribution >= 4 is 43.9 Å². The zero-order chi connectivity index (χ0) is 20.9. The SMILES string of the molecule is c1ccc2c(c1)oc1ccccc12.c1ccc2occc2c1.c1ccc2occc2c1. The summed E-state index contributed by atoms with van der Waals surface area (Å²) in [5.74, 6) is 0. The Bertz CT molecular complexity index is 1370. The van der Waals surface area contributed by atoms with Gasteiger partial charge in [-0.1, -0.05) is 72.8 Å².